The lowest BCUT2D eigenvalue weighted by atomic mass is 10.1. The molecule has 0 aliphatic rings. The first-order valence-electron chi connectivity index (χ1n) is 9.40. The van der Waals surface area contributed by atoms with Gasteiger partial charge in [-0.15, -0.1) is 11.3 Å². The average molecular weight is 401 g/mol. The van der Waals surface area contributed by atoms with Gasteiger partial charge in [-0.2, -0.15) is 10.1 Å². The molecule has 5 aromatic rings. The van der Waals surface area contributed by atoms with Crippen LogP contribution in [0.1, 0.15) is 16.7 Å². The van der Waals surface area contributed by atoms with Crippen molar-refractivity contribution < 1.29 is 0 Å². The van der Waals surface area contributed by atoms with Gasteiger partial charge in [-0.25, -0.2) is 4.98 Å². The summed E-state index contributed by atoms with van der Waals surface area (Å²) in [5, 5.41) is 17.0. The summed E-state index contributed by atoms with van der Waals surface area (Å²) in [5.74, 6) is 1.41. The van der Waals surface area contributed by atoms with Gasteiger partial charge in [0.1, 0.15) is 0 Å². The van der Waals surface area contributed by atoms with Crippen LogP contribution in [0.15, 0.2) is 54.0 Å². The fourth-order valence-electron chi connectivity index (χ4n) is 3.54. The van der Waals surface area contributed by atoms with Crippen molar-refractivity contribution in [3.05, 3.63) is 70.7 Å². The number of nitrogens with zero attached hydrogens (tertiary/aromatic N) is 3. The first-order chi connectivity index (χ1) is 14.1. The maximum absolute atomic E-state index is 4.75. The van der Waals surface area contributed by atoms with Crippen molar-refractivity contribution in [2.75, 3.05) is 10.6 Å². The minimum atomic E-state index is 0.613. The predicted octanol–water partition coefficient (Wildman–Crippen LogP) is 5.54. The van der Waals surface area contributed by atoms with Gasteiger partial charge in [-0.05, 0) is 49.1 Å². The van der Waals surface area contributed by atoms with Crippen LogP contribution in [-0.4, -0.2) is 20.2 Å². The number of thiophene rings is 1. The third kappa shape index (κ3) is 3.64. The second kappa shape index (κ2) is 7.18. The Morgan fingerprint density at radius 1 is 1.00 bits per heavy atom. The SMILES string of the molecule is Cc1cc(C)cc(CNc2nc(Nc3ccc4[nH]ncc4c3)c3sccc3n2)c1. The summed E-state index contributed by atoms with van der Waals surface area (Å²) in [7, 11) is 0. The Bertz CT molecular complexity index is 1300. The molecule has 5 rings (SSSR count). The second-order valence-corrected chi connectivity index (χ2v) is 8.09. The van der Waals surface area contributed by atoms with E-state index in [-0.39, 0.29) is 0 Å². The molecule has 0 saturated heterocycles. The highest BCUT2D eigenvalue weighted by molar-refractivity contribution is 7.17. The number of nitrogens with one attached hydrogen (secondary N) is 3. The molecule has 144 valence electrons. The largest absolute Gasteiger partial charge is 0.350 e. The van der Waals surface area contributed by atoms with E-state index in [2.05, 4.69) is 63.9 Å². The second-order valence-electron chi connectivity index (χ2n) is 7.18. The Balaban J connectivity index is 1.44. The topological polar surface area (TPSA) is 78.5 Å². The summed E-state index contributed by atoms with van der Waals surface area (Å²) in [4.78, 5) is 9.42. The Morgan fingerprint density at radius 2 is 1.86 bits per heavy atom. The van der Waals surface area contributed by atoms with Gasteiger partial charge in [0.25, 0.3) is 0 Å². The smallest absolute Gasteiger partial charge is 0.225 e. The monoisotopic (exact) mass is 400 g/mol. The van der Waals surface area contributed by atoms with E-state index >= 15 is 0 Å². The van der Waals surface area contributed by atoms with Crippen molar-refractivity contribution in [1.29, 1.82) is 0 Å². The molecule has 0 radical (unpaired) electrons. The Labute approximate surface area is 172 Å². The number of hydrogen-bond acceptors (Lipinski definition) is 6. The quantitative estimate of drug-likeness (QED) is 0.361. The fourth-order valence-corrected chi connectivity index (χ4v) is 4.31. The van der Waals surface area contributed by atoms with Gasteiger partial charge in [-0.3, -0.25) is 5.10 Å². The molecule has 0 spiro atoms. The van der Waals surface area contributed by atoms with Gasteiger partial charge in [0.05, 0.1) is 21.9 Å². The van der Waals surface area contributed by atoms with Gasteiger partial charge in [0, 0.05) is 17.6 Å². The van der Waals surface area contributed by atoms with Crippen LogP contribution in [0.4, 0.5) is 17.5 Å². The van der Waals surface area contributed by atoms with Crippen molar-refractivity contribution in [3.8, 4) is 0 Å². The summed E-state index contributed by atoms with van der Waals surface area (Å²) in [6.07, 6.45) is 1.82. The van der Waals surface area contributed by atoms with Crippen molar-refractivity contribution in [2.24, 2.45) is 0 Å². The van der Waals surface area contributed by atoms with E-state index in [1.807, 2.05) is 29.8 Å². The lowest BCUT2D eigenvalue weighted by Crippen LogP contribution is -2.06. The van der Waals surface area contributed by atoms with Crippen LogP contribution in [-0.2, 0) is 6.54 Å². The van der Waals surface area contributed by atoms with Gasteiger partial charge in [0.15, 0.2) is 5.82 Å². The molecular formula is C22H20N6S. The van der Waals surface area contributed by atoms with E-state index < -0.39 is 0 Å². The highest BCUT2D eigenvalue weighted by Crippen LogP contribution is 2.30. The molecule has 29 heavy (non-hydrogen) atoms. The van der Waals surface area contributed by atoms with Crippen molar-refractivity contribution in [1.82, 2.24) is 20.2 Å². The van der Waals surface area contributed by atoms with E-state index in [0.29, 0.717) is 12.5 Å². The molecule has 0 bridgehead atoms. The van der Waals surface area contributed by atoms with Gasteiger partial charge < -0.3 is 10.6 Å². The summed E-state index contributed by atoms with van der Waals surface area (Å²) in [5.41, 5.74) is 6.64. The molecule has 0 atom stereocenters. The summed E-state index contributed by atoms with van der Waals surface area (Å²) >= 11 is 1.63. The first-order valence-corrected chi connectivity index (χ1v) is 10.3. The van der Waals surface area contributed by atoms with Gasteiger partial charge >= 0.3 is 0 Å². The predicted molar refractivity (Wildman–Crippen MR) is 120 cm³/mol. The number of aromatic amines is 1. The molecule has 3 heterocycles. The van der Waals surface area contributed by atoms with Crippen LogP contribution < -0.4 is 10.6 Å². The standard InChI is InChI=1S/C22H20N6S/c1-13-7-14(2)9-15(8-13)11-23-22-26-19-5-6-29-20(19)21(27-22)25-17-3-4-18-16(10-17)12-24-28-18/h3-10,12H,11H2,1-2H3,(H,24,28)(H2,23,25,26,27). The first kappa shape index (κ1) is 17.6. The number of fused-ring (bicyclic) bond motifs is 2. The molecule has 7 heteroatoms. The van der Waals surface area contributed by atoms with Crippen molar-refractivity contribution in [2.45, 2.75) is 20.4 Å². The molecule has 0 fully saturated rings. The third-order valence-corrected chi connectivity index (χ3v) is 5.65. The van der Waals surface area contributed by atoms with Crippen molar-refractivity contribution >= 4 is 49.9 Å². The number of rotatable bonds is 5. The molecular weight excluding hydrogens is 380 g/mol. The van der Waals surface area contributed by atoms with Crippen LogP contribution in [0.2, 0.25) is 0 Å². The Kier molecular flexibility index (Phi) is 4.37. The van der Waals surface area contributed by atoms with E-state index in [1.54, 1.807) is 11.3 Å². The molecule has 6 nitrogen and oxygen atoms in total. The number of anilines is 3. The van der Waals surface area contributed by atoms with Crippen molar-refractivity contribution in [3.63, 3.8) is 0 Å². The number of aryl methyl sites for hydroxylation is 2. The number of hydrogen-bond donors (Lipinski definition) is 3. The lowest BCUT2D eigenvalue weighted by Gasteiger charge is -2.11. The van der Waals surface area contributed by atoms with Crippen LogP contribution >= 0.6 is 11.3 Å². The summed E-state index contributed by atoms with van der Waals surface area (Å²) in [6.45, 7) is 4.91. The zero-order chi connectivity index (χ0) is 19.8. The Hall–Kier alpha value is -3.45. The van der Waals surface area contributed by atoms with Gasteiger partial charge in [-0.1, -0.05) is 29.3 Å². The minimum Gasteiger partial charge on any atom is -0.350 e. The zero-order valence-corrected chi connectivity index (χ0v) is 17.0. The maximum atomic E-state index is 4.75. The lowest BCUT2D eigenvalue weighted by molar-refractivity contribution is 1.07. The average Bonchev–Trinajstić information content (AvgIpc) is 3.34. The number of aromatic nitrogens is 4. The number of H-pyrrole nitrogens is 1. The van der Waals surface area contributed by atoms with E-state index in [4.69, 9.17) is 4.98 Å². The van der Waals surface area contributed by atoms with Crippen LogP contribution in [0.3, 0.4) is 0 Å². The minimum absolute atomic E-state index is 0.613. The molecule has 0 aliphatic heterocycles. The molecule has 0 aliphatic carbocycles. The maximum Gasteiger partial charge on any atom is 0.225 e. The summed E-state index contributed by atoms with van der Waals surface area (Å²) in [6, 6.07) is 14.7. The molecule has 0 amide bonds. The zero-order valence-electron chi connectivity index (χ0n) is 16.2. The normalized spacial score (nSPS) is 11.2. The van der Waals surface area contributed by atoms with Crippen LogP contribution in [0, 0.1) is 13.8 Å². The molecule has 0 unspecified atom stereocenters. The van der Waals surface area contributed by atoms with E-state index in [1.165, 1.54) is 16.7 Å². The fraction of sp³-hybridized carbons (Fsp3) is 0.136. The molecule has 0 saturated carbocycles. The highest BCUT2D eigenvalue weighted by Gasteiger charge is 2.10. The number of benzene rings is 2. The van der Waals surface area contributed by atoms with Crippen LogP contribution in [0.5, 0.6) is 0 Å². The van der Waals surface area contributed by atoms with Gasteiger partial charge in [0.2, 0.25) is 5.95 Å². The molecule has 3 N–H and O–H groups in total. The molecule has 3 aromatic heterocycles. The molecule has 2 aromatic carbocycles. The van der Waals surface area contributed by atoms with E-state index in [9.17, 15) is 0 Å². The summed E-state index contributed by atoms with van der Waals surface area (Å²) < 4.78 is 1.04. The third-order valence-electron chi connectivity index (χ3n) is 4.74. The van der Waals surface area contributed by atoms with Crippen LogP contribution in [0.25, 0.3) is 21.1 Å². The highest BCUT2D eigenvalue weighted by atomic mass is 32.1. The Morgan fingerprint density at radius 3 is 2.72 bits per heavy atom. The van der Waals surface area contributed by atoms with E-state index in [0.717, 1.165) is 32.6 Å².